The zero-order valence-corrected chi connectivity index (χ0v) is 14.1. The molecule has 4 rings (SSSR count). The Morgan fingerprint density at radius 1 is 1.04 bits per heavy atom. The van der Waals surface area contributed by atoms with Crippen LogP contribution in [0.25, 0.3) is 0 Å². The van der Waals surface area contributed by atoms with Gasteiger partial charge in [0, 0.05) is 43.6 Å². The lowest BCUT2D eigenvalue weighted by atomic mass is 9.90. The zero-order chi connectivity index (χ0) is 15.9. The molecule has 2 atom stereocenters. The van der Waals surface area contributed by atoms with E-state index in [1.54, 1.807) is 0 Å². The third-order valence-electron chi connectivity index (χ3n) is 5.87. The van der Waals surface area contributed by atoms with Crippen molar-refractivity contribution in [2.45, 2.75) is 81.8 Å². The number of likely N-dealkylation sites (tertiary alicyclic amines) is 1. The first-order valence-electron chi connectivity index (χ1n) is 9.24. The minimum atomic E-state index is -0.347. The van der Waals surface area contributed by atoms with Crippen LogP contribution < -0.4 is 10.6 Å². The normalized spacial score (nSPS) is 34.8. The van der Waals surface area contributed by atoms with E-state index in [0.29, 0.717) is 25.3 Å². The number of carbonyl (C=O) groups excluding carboxylic acids is 1. The van der Waals surface area contributed by atoms with Crippen molar-refractivity contribution in [3.63, 3.8) is 0 Å². The van der Waals surface area contributed by atoms with Crippen LogP contribution in [0.1, 0.15) is 51.9 Å². The molecule has 4 aliphatic rings. The fourth-order valence-electron chi connectivity index (χ4n) is 4.48. The van der Waals surface area contributed by atoms with Gasteiger partial charge >= 0.3 is 6.03 Å². The molecular formula is C17H29N3O3. The monoisotopic (exact) mass is 323 g/mol. The maximum absolute atomic E-state index is 12.3. The number of amides is 2. The first-order valence-corrected chi connectivity index (χ1v) is 9.24. The van der Waals surface area contributed by atoms with Crippen LogP contribution in [0.4, 0.5) is 4.79 Å². The van der Waals surface area contributed by atoms with Gasteiger partial charge < -0.3 is 20.1 Å². The van der Waals surface area contributed by atoms with Crippen LogP contribution in [0.2, 0.25) is 0 Å². The highest BCUT2D eigenvalue weighted by Gasteiger charge is 2.41. The van der Waals surface area contributed by atoms with Gasteiger partial charge in [0.15, 0.2) is 5.79 Å². The molecule has 2 heterocycles. The van der Waals surface area contributed by atoms with Crippen molar-refractivity contribution < 1.29 is 14.3 Å². The Balaban J connectivity index is 1.20. The second kappa shape index (κ2) is 6.22. The Morgan fingerprint density at radius 3 is 2.35 bits per heavy atom. The van der Waals surface area contributed by atoms with E-state index >= 15 is 0 Å². The average molecular weight is 323 g/mol. The molecule has 6 heteroatoms. The van der Waals surface area contributed by atoms with Crippen molar-refractivity contribution in [3.05, 3.63) is 0 Å². The Labute approximate surface area is 138 Å². The van der Waals surface area contributed by atoms with Gasteiger partial charge in [-0.1, -0.05) is 0 Å². The fraction of sp³-hybridized carbons (Fsp3) is 0.941. The lowest BCUT2D eigenvalue weighted by Crippen LogP contribution is -2.50. The van der Waals surface area contributed by atoms with Crippen molar-refractivity contribution in [1.82, 2.24) is 15.5 Å². The van der Waals surface area contributed by atoms with Gasteiger partial charge in [0.2, 0.25) is 0 Å². The molecule has 0 aromatic carbocycles. The summed E-state index contributed by atoms with van der Waals surface area (Å²) < 4.78 is 11.5. The quantitative estimate of drug-likeness (QED) is 0.828. The standard InChI is InChI=1S/C17H29N3O3/c1-12-10-14(11-20(12)15-2-3-15)19-16(21)18-13-4-6-17(7-5-13)22-8-9-23-17/h12-15H,2-11H2,1H3,(H2,18,19,21). The van der Waals surface area contributed by atoms with E-state index in [4.69, 9.17) is 9.47 Å². The molecule has 23 heavy (non-hydrogen) atoms. The number of ether oxygens (including phenoxy) is 2. The van der Waals surface area contributed by atoms with E-state index in [1.807, 2.05) is 0 Å². The molecule has 2 unspecified atom stereocenters. The van der Waals surface area contributed by atoms with E-state index in [2.05, 4.69) is 22.5 Å². The SMILES string of the molecule is CC1CC(NC(=O)NC2CCC3(CC2)OCCO3)CN1C1CC1. The van der Waals surface area contributed by atoms with Gasteiger partial charge in [-0.05, 0) is 39.0 Å². The van der Waals surface area contributed by atoms with Crippen LogP contribution in [0.3, 0.4) is 0 Å². The average Bonchev–Trinajstić information content (AvgIpc) is 3.17. The summed E-state index contributed by atoms with van der Waals surface area (Å²) in [5.41, 5.74) is 0. The van der Waals surface area contributed by atoms with Crippen molar-refractivity contribution in [2.75, 3.05) is 19.8 Å². The van der Waals surface area contributed by atoms with Gasteiger partial charge in [0.1, 0.15) is 0 Å². The van der Waals surface area contributed by atoms with Gasteiger partial charge in [-0.2, -0.15) is 0 Å². The summed E-state index contributed by atoms with van der Waals surface area (Å²) in [6.45, 7) is 4.70. The van der Waals surface area contributed by atoms with E-state index < -0.39 is 0 Å². The van der Waals surface area contributed by atoms with Crippen molar-refractivity contribution in [1.29, 1.82) is 0 Å². The Bertz CT molecular complexity index is 438. The van der Waals surface area contributed by atoms with Crippen LogP contribution in [-0.2, 0) is 9.47 Å². The van der Waals surface area contributed by atoms with Crippen molar-refractivity contribution in [3.8, 4) is 0 Å². The van der Waals surface area contributed by atoms with Crippen LogP contribution in [-0.4, -0.2) is 60.6 Å². The predicted octanol–water partition coefficient (Wildman–Crippen LogP) is 1.60. The molecule has 2 saturated heterocycles. The molecule has 6 nitrogen and oxygen atoms in total. The first-order chi connectivity index (χ1) is 11.1. The largest absolute Gasteiger partial charge is 0.348 e. The fourth-order valence-corrected chi connectivity index (χ4v) is 4.48. The van der Waals surface area contributed by atoms with Crippen LogP contribution in [0.5, 0.6) is 0 Å². The third-order valence-corrected chi connectivity index (χ3v) is 5.87. The predicted molar refractivity (Wildman–Crippen MR) is 86.2 cm³/mol. The number of nitrogens with zero attached hydrogens (tertiary/aromatic N) is 1. The maximum atomic E-state index is 12.3. The van der Waals surface area contributed by atoms with E-state index in [1.165, 1.54) is 12.8 Å². The molecule has 1 spiro atoms. The summed E-state index contributed by atoms with van der Waals surface area (Å²) in [4.78, 5) is 14.8. The molecule has 2 amide bonds. The highest BCUT2D eigenvalue weighted by Crippen LogP contribution is 2.36. The van der Waals surface area contributed by atoms with Gasteiger partial charge in [-0.15, -0.1) is 0 Å². The maximum Gasteiger partial charge on any atom is 0.315 e. The number of rotatable bonds is 3. The van der Waals surface area contributed by atoms with Gasteiger partial charge in [-0.25, -0.2) is 4.79 Å². The van der Waals surface area contributed by atoms with E-state index in [-0.39, 0.29) is 17.9 Å². The lowest BCUT2D eigenvalue weighted by Gasteiger charge is -2.35. The van der Waals surface area contributed by atoms with E-state index in [9.17, 15) is 4.79 Å². The second-order valence-electron chi connectivity index (χ2n) is 7.71. The molecule has 130 valence electrons. The summed E-state index contributed by atoms with van der Waals surface area (Å²) in [6, 6.07) is 1.91. The number of carbonyl (C=O) groups is 1. The molecule has 2 saturated carbocycles. The molecular weight excluding hydrogens is 294 g/mol. The minimum absolute atomic E-state index is 0.00550. The third kappa shape index (κ3) is 3.49. The number of hydrogen-bond donors (Lipinski definition) is 2. The molecule has 0 bridgehead atoms. The molecule has 0 aromatic rings. The Hall–Kier alpha value is -0.850. The number of nitrogens with one attached hydrogen (secondary N) is 2. The van der Waals surface area contributed by atoms with E-state index in [0.717, 1.165) is 44.7 Å². The Kier molecular flexibility index (Phi) is 4.24. The Morgan fingerprint density at radius 2 is 1.70 bits per heavy atom. The van der Waals surface area contributed by atoms with Crippen molar-refractivity contribution >= 4 is 6.03 Å². The summed E-state index contributed by atoms with van der Waals surface area (Å²) in [6.07, 6.45) is 7.36. The number of urea groups is 1. The van der Waals surface area contributed by atoms with Crippen LogP contribution >= 0.6 is 0 Å². The highest BCUT2D eigenvalue weighted by molar-refractivity contribution is 5.74. The number of hydrogen-bond acceptors (Lipinski definition) is 4. The molecule has 2 N–H and O–H groups in total. The zero-order valence-electron chi connectivity index (χ0n) is 14.1. The van der Waals surface area contributed by atoms with Crippen molar-refractivity contribution in [2.24, 2.45) is 0 Å². The summed E-state index contributed by atoms with van der Waals surface area (Å²) >= 11 is 0. The molecule has 2 aliphatic carbocycles. The molecule has 4 fully saturated rings. The molecule has 0 radical (unpaired) electrons. The van der Waals surface area contributed by atoms with Gasteiger partial charge in [-0.3, -0.25) is 4.90 Å². The first kappa shape index (κ1) is 15.7. The second-order valence-corrected chi connectivity index (χ2v) is 7.71. The summed E-state index contributed by atoms with van der Waals surface area (Å²) in [5.74, 6) is -0.347. The summed E-state index contributed by atoms with van der Waals surface area (Å²) in [7, 11) is 0. The van der Waals surface area contributed by atoms with Crippen LogP contribution in [0.15, 0.2) is 0 Å². The van der Waals surface area contributed by atoms with Crippen LogP contribution in [0, 0.1) is 0 Å². The van der Waals surface area contributed by atoms with Gasteiger partial charge in [0.25, 0.3) is 0 Å². The topological polar surface area (TPSA) is 62.8 Å². The van der Waals surface area contributed by atoms with Gasteiger partial charge in [0.05, 0.1) is 13.2 Å². The summed E-state index contributed by atoms with van der Waals surface area (Å²) in [5, 5.41) is 6.32. The smallest absolute Gasteiger partial charge is 0.315 e. The molecule has 2 aliphatic heterocycles. The highest BCUT2D eigenvalue weighted by atomic mass is 16.7. The lowest BCUT2D eigenvalue weighted by molar-refractivity contribution is -0.179. The minimum Gasteiger partial charge on any atom is -0.348 e. The molecule has 0 aromatic heterocycles.